The minimum atomic E-state index is -3.14. The monoisotopic (exact) mass is 349 g/mol. The Hall–Kier alpha value is -1.08. The highest BCUT2D eigenvalue weighted by atomic mass is 79.9. The second kappa shape index (κ2) is 6.91. The van der Waals surface area contributed by atoms with E-state index in [1.807, 2.05) is 0 Å². The molecule has 0 unspecified atom stereocenters. The van der Waals surface area contributed by atoms with Crippen LogP contribution in [0.3, 0.4) is 0 Å². The van der Waals surface area contributed by atoms with Gasteiger partial charge >= 0.3 is 5.97 Å². The van der Waals surface area contributed by atoms with Crippen molar-refractivity contribution in [2.24, 2.45) is 0 Å². The molecule has 1 rings (SSSR count). The molecule has 0 atom stereocenters. The van der Waals surface area contributed by atoms with Crippen LogP contribution in [0.15, 0.2) is 22.7 Å². The van der Waals surface area contributed by atoms with Gasteiger partial charge in [0.25, 0.3) is 0 Å². The van der Waals surface area contributed by atoms with E-state index in [0.717, 1.165) is 0 Å². The second-order valence-corrected chi connectivity index (χ2v) is 7.09. The molecule has 0 aliphatic rings. The van der Waals surface area contributed by atoms with Crippen LogP contribution in [0.1, 0.15) is 23.7 Å². The molecule has 7 heteroatoms. The molecule has 106 valence electrons. The van der Waals surface area contributed by atoms with E-state index in [0.29, 0.717) is 16.6 Å². The van der Waals surface area contributed by atoms with Crippen molar-refractivity contribution < 1.29 is 17.9 Å². The molecule has 0 aliphatic heterocycles. The fourth-order valence-corrected chi connectivity index (χ4v) is 3.05. The topological polar surface area (TPSA) is 86.5 Å². The highest BCUT2D eigenvalue weighted by molar-refractivity contribution is 9.10. The van der Waals surface area contributed by atoms with Gasteiger partial charge < -0.3 is 10.5 Å². The number of anilines is 1. The maximum Gasteiger partial charge on any atom is 0.339 e. The van der Waals surface area contributed by atoms with E-state index < -0.39 is 15.8 Å². The number of carbonyl (C=O) groups is 1. The number of halogens is 1. The lowest BCUT2D eigenvalue weighted by Gasteiger charge is -2.08. The van der Waals surface area contributed by atoms with Crippen LogP contribution >= 0.6 is 15.9 Å². The molecule has 0 bridgehead atoms. The van der Waals surface area contributed by atoms with Crippen LogP contribution in [0.4, 0.5) is 5.69 Å². The van der Waals surface area contributed by atoms with Crippen LogP contribution in [0.2, 0.25) is 0 Å². The molecule has 0 aromatic heterocycles. The number of ether oxygens (including phenoxy) is 1. The van der Waals surface area contributed by atoms with Gasteiger partial charge in [-0.1, -0.05) is 13.0 Å². The van der Waals surface area contributed by atoms with Crippen LogP contribution < -0.4 is 5.73 Å². The normalized spacial score (nSPS) is 11.3. The fourth-order valence-electron chi connectivity index (χ4n) is 1.46. The molecule has 0 heterocycles. The Bertz CT molecular complexity index is 557. The fraction of sp³-hybridized carbons (Fsp3) is 0.417. The maximum atomic E-state index is 11.8. The number of rotatable bonds is 6. The predicted octanol–water partition coefficient (Wildman–Crippen LogP) is 2.01. The maximum absolute atomic E-state index is 11.8. The second-order valence-electron chi connectivity index (χ2n) is 4.00. The largest absolute Gasteiger partial charge is 0.461 e. The van der Waals surface area contributed by atoms with E-state index >= 15 is 0 Å². The summed E-state index contributed by atoms with van der Waals surface area (Å²) in [4.78, 5) is 11.8. The van der Waals surface area contributed by atoms with Crippen molar-refractivity contribution in [3.63, 3.8) is 0 Å². The molecular formula is C12H16BrNO4S. The molecule has 0 saturated carbocycles. The molecule has 0 amide bonds. The molecular weight excluding hydrogens is 334 g/mol. The van der Waals surface area contributed by atoms with Gasteiger partial charge in [0, 0.05) is 5.69 Å². The van der Waals surface area contributed by atoms with E-state index in [-0.39, 0.29) is 23.7 Å². The van der Waals surface area contributed by atoms with E-state index in [1.165, 1.54) is 0 Å². The third kappa shape index (κ3) is 4.83. The van der Waals surface area contributed by atoms with Crippen molar-refractivity contribution in [2.45, 2.75) is 13.3 Å². The first-order valence-corrected chi connectivity index (χ1v) is 8.40. The quantitative estimate of drug-likeness (QED) is 0.627. The summed E-state index contributed by atoms with van der Waals surface area (Å²) in [6.45, 7) is 1.63. The number of carbonyl (C=O) groups excluding carboxylic acids is 1. The Morgan fingerprint density at radius 3 is 2.68 bits per heavy atom. The Morgan fingerprint density at radius 2 is 2.05 bits per heavy atom. The molecule has 0 fully saturated rings. The summed E-state index contributed by atoms with van der Waals surface area (Å²) in [5, 5.41) is 0. The van der Waals surface area contributed by atoms with Crippen LogP contribution in [0.25, 0.3) is 0 Å². The van der Waals surface area contributed by atoms with Gasteiger partial charge in [0.2, 0.25) is 0 Å². The number of benzene rings is 1. The first-order chi connectivity index (χ1) is 8.87. The van der Waals surface area contributed by atoms with E-state index in [4.69, 9.17) is 10.5 Å². The lowest BCUT2D eigenvalue weighted by atomic mass is 10.2. The number of nitrogen functional groups attached to an aromatic ring is 1. The molecule has 2 N–H and O–H groups in total. The van der Waals surface area contributed by atoms with Gasteiger partial charge in [-0.25, -0.2) is 13.2 Å². The minimum Gasteiger partial charge on any atom is -0.461 e. The molecule has 0 saturated heterocycles. The number of esters is 1. The Morgan fingerprint density at radius 1 is 1.37 bits per heavy atom. The SMILES string of the molecule is CCCS(=O)(=O)CCOC(=O)c1cccc(N)c1Br. The Balaban J connectivity index is 2.60. The first kappa shape index (κ1) is 16.0. The molecule has 0 spiro atoms. The van der Waals surface area contributed by atoms with Crippen LogP contribution in [0, 0.1) is 0 Å². The highest BCUT2D eigenvalue weighted by Gasteiger charge is 2.15. The lowest BCUT2D eigenvalue weighted by molar-refractivity contribution is 0.0528. The summed E-state index contributed by atoms with van der Waals surface area (Å²) in [7, 11) is -3.14. The van der Waals surface area contributed by atoms with Gasteiger partial charge in [-0.15, -0.1) is 0 Å². The third-order valence-electron chi connectivity index (χ3n) is 2.39. The van der Waals surface area contributed by atoms with Crippen LogP contribution in [-0.2, 0) is 14.6 Å². The standard InChI is InChI=1S/C12H16BrNO4S/c1-2-7-19(16,17)8-6-18-12(15)9-4-3-5-10(14)11(9)13/h3-5H,2,6-8,14H2,1H3. The summed E-state index contributed by atoms with van der Waals surface area (Å²) in [6, 6.07) is 4.83. The first-order valence-electron chi connectivity index (χ1n) is 5.79. The van der Waals surface area contributed by atoms with E-state index in [9.17, 15) is 13.2 Å². The Kier molecular flexibility index (Phi) is 5.81. The van der Waals surface area contributed by atoms with E-state index in [1.54, 1.807) is 25.1 Å². The molecule has 19 heavy (non-hydrogen) atoms. The zero-order chi connectivity index (χ0) is 14.5. The van der Waals surface area contributed by atoms with Gasteiger partial charge in [-0.05, 0) is 34.5 Å². The van der Waals surface area contributed by atoms with Gasteiger partial charge in [0.1, 0.15) is 6.61 Å². The molecule has 1 aromatic carbocycles. The lowest BCUT2D eigenvalue weighted by Crippen LogP contribution is -2.18. The molecule has 1 aromatic rings. The molecule has 5 nitrogen and oxygen atoms in total. The van der Waals surface area contributed by atoms with Crippen molar-refractivity contribution in [1.82, 2.24) is 0 Å². The minimum absolute atomic E-state index is 0.104. The zero-order valence-electron chi connectivity index (χ0n) is 10.6. The van der Waals surface area contributed by atoms with Gasteiger partial charge in [0.15, 0.2) is 9.84 Å². The van der Waals surface area contributed by atoms with Crippen LogP contribution in [0.5, 0.6) is 0 Å². The Labute approximate surface area is 121 Å². The number of sulfone groups is 1. The summed E-state index contributed by atoms with van der Waals surface area (Å²) in [5.74, 6) is -0.648. The van der Waals surface area contributed by atoms with Crippen molar-refractivity contribution in [1.29, 1.82) is 0 Å². The smallest absolute Gasteiger partial charge is 0.339 e. The van der Waals surface area contributed by atoms with Crippen molar-refractivity contribution in [2.75, 3.05) is 23.8 Å². The number of hydrogen-bond acceptors (Lipinski definition) is 5. The number of nitrogens with two attached hydrogens (primary N) is 1. The van der Waals surface area contributed by atoms with Crippen molar-refractivity contribution in [3.05, 3.63) is 28.2 Å². The van der Waals surface area contributed by atoms with Gasteiger partial charge in [0.05, 0.1) is 21.5 Å². The van der Waals surface area contributed by atoms with Gasteiger partial charge in [-0.3, -0.25) is 0 Å². The zero-order valence-corrected chi connectivity index (χ0v) is 13.0. The third-order valence-corrected chi connectivity index (χ3v) is 5.10. The van der Waals surface area contributed by atoms with Crippen molar-refractivity contribution >= 4 is 37.4 Å². The molecule has 0 aliphatic carbocycles. The van der Waals surface area contributed by atoms with Crippen LogP contribution in [-0.4, -0.2) is 32.5 Å². The average Bonchev–Trinajstić information content (AvgIpc) is 2.32. The summed E-state index contributed by atoms with van der Waals surface area (Å²) in [5.41, 5.74) is 6.35. The van der Waals surface area contributed by atoms with Gasteiger partial charge in [-0.2, -0.15) is 0 Å². The summed E-state index contributed by atoms with van der Waals surface area (Å²) < 4.78 is 28.3. The summed E-state index contributed by atoms with van der Waals surface area (Å²) in [6.07, 6.45) is 0.553. The highest BCUT2D eigenvalue weighted by Crippen LogP contribution is 2.24. The summed E-state index contributed by atoms with van der Waals surface area (Å²) >= 11 is 3.19. The molecule has 0 radical (unpaired) electrons. The van der Waals surface area contributed by atoms with Crippen molar-refractivity contribution in [3.8, 4) is 0 Å². The predicted molar refractivity (Wildman–Crippen MR) is 77.8 cm³/mol. The number of hydrogen-bond donors (Lipinski definition) is 1. The average molecular weight is 350 g/mol. The van der Waals surface area contributed by atoms with E-state index in [2.05, 4.69) is 15.9 Å².